The average molecular weight is 405 g/mol. The third-order valence-electron chi connectivity index (χ3n) is 1.48. The van der Waals surface area contributed by atoms with E-state index in [1.807, 2.05) is 10.6 Å². The average Bonchev–Trinajstić information content (AvgIpc) is 2.30. The molecule has 0 radical (unpaired) electrons. The molecule has 0 aliphatic carbocycles. The summed E-state index contributed by atoms with van der Waals surface area (Å²) in [7, 11) is -8.87. The van der Waals surface area contributed by atoms with Crippen LogP contribution in [0, 0.1) is 0 Å². The Balaban J connectivity index is -0.000000411. The molecule has 0 spiro atoms. The molecule has 0 aliphatic rings. The zero-order chi connectivity index (χ0) is 21.4. The topological polar surface area (TPSA) is 173 Å². The third kappa shape index (κ3) is 34.4. The second kappa shape index (κ2) is 14.4. The Labute approximate surface area is 171 Å². The Morgan fingerprint density at radius 1 is 0.870 bits per heavy atom. The molecule has 10 nitrogen and oxygen atoms in total. The second-order valence-corrected chi connectivity index (χ2v) is 6.79. The molecule has 0 aromatic rings. The fraction of sp³-hybridized carbons (Fsp3) is 0.800. The Morgan fingerprint density at radius 3 is 1.30 bits per heavy atom. The molecule has 0 bridgehead atoms. The molecule has 0 saturated carbocycles. The van der Waals surface area contributed by atoms with Gasteiger partial charge in [0, 0.05) is 43.8 Å². The van der Waals surface area contributed by atoms with Crippen LogP contribution in [-0.2, 0) is 29.8 Å². The van der Waals surface area contributed by atoms with Crippen molar-refractivity contribution in [3.8, 4) is 0 Å². The number of carbonyl (C=O) groups is 2. The fourth-order valence-electron chi connectivity index (χ4n) is 0.726. The molecule has 0 rings (SSSR count). The minimum absolute atomic E-state index is 0. The largest absolute Gasteiger partial charge is 2.00 e. The van der Waals surface area contributed by atoms with Crippen molar-refractivity contribution in [2.24, 2.45) is 0 Å². The SMILES string of the molecule is [2H]C([2H])(CCS(=O)(=O)[O-])NC(C)=O.[2H]C([2H])(CCS(=O)(=O)[O-])NC(C)=O.[Ca+2]. The van der Waals surface area contributed by atoms with E-state index in [9.17, 15) is 35.5 Å². The van der Waals surface area contributed by atoms with Crippen LogP contribution in [0.15, 0.2) is 0 Å². The molecule has 23 heavy (non-hydrogen) atoms. The summed E-state index contributed by atoms with van der Waals surface area (Å²) in [5.74, 6) is -2.90. The maximum Gasteiger partial charge on any atom is 2.00 e. The van der Waals surface area contributed by atoms with E-state index in [4.69, 9.17) is 5.48 Å². The van der Waals surface area contributed by atoms with Crippen LogP contribution in [0.2, 0.25) is 0 Å². The molecule has 132 valence electrons. The molecular weight excluding hydrogens is 380 g/mol. The van der Waals surface area contributed by atoms with Crippen molar-refractivity contribution in [2.75, 3.05) is 24.5 Å². The van der Waals surface area contributed by atoms with Crippen molar-refractivity contribution < 1.29 is 41.0 Å². The first-order valence-corrected chi connectivity index (χ1v) is 8.85. The van der Waals surface area contributed by atoms with E-state index in [1.165, 1.54) is 0 Å². The van der Waals surface area contributed by atoms with E-state index in [0.717, 1.165) is 13.8 Å². The van der Waals surface area contributed by atoms with Crippen molar-refractivity contribution in [3.05, 3.63) is 0 Å². The number of hydrogen-bond acceptors (Lipinski definition) is 8. The van der Waals surface area contributed by atoms with Gasteiger partial charge in [0.1, 0.15) is 0 Å². The maximum absolute atomic E-state index is 10.4. The smallest absolute Gasteiger partial charge is 0.748 e. The molecule has 0 aromatic heterocycles. The Bertz CT molecular complexity index is 640. The van der Waals surface area contributed by atoms with Gasteiger partial charge in [-0.15, -0.1) is 0 Å². The Kier molecular flexibility index (Phi) is 12.1. The molecule has 2 amide bonds. The number of nitrogens with one attached hydrogen (secondary N) is 2. The number of carbonyl (C=O) groups excluding carboxylic acids is 2. The van der Waals surface area contributed by atoms with Crippen molar-refractivity contribution in [1.29, 1.82) is 0 Å². The van der Waals surface area contributed by atoms with Crippen LogP contribution in [0.1, 0.15) is 32.2 Å². The van der Waals surface area contributed by atoms with Gasteiger partial charge in [-0.05, 0) is 12.8 Å². The van der Waals surface area contributed by atoms with Gasteiger partial charge in [-0.2, -0.15) is 0 Å². The quantitative estimate of drug-likeness (QED) is 0.336. The van der Waals surface area contributed by atoms with Crippen molar-refractivity contribution >= 4 is 69.8 Å². The van der Waals surface area contributed by atoms with E-state index in [2.05, 4.69) is 0 Å². The molecule has 0 saturated heterocycles. The van der Waals surface area contributed by atoms with Gasteiger partial charge in [0.15, 0.2) is 0 Å². The monoisotopic (exact) mass is 404 g/mol. The molecule has 2 N–H and O–H groups in total. The van der Waals surface area contributed by atoms with Gasteiger partial charge < -0.3 is 19.7 Å². The minimum atomic E-state index is -4.43. The molecule has 0 fully saturated rings. The predicted molar refractivity (Wildman–Crippen MR) is 81.5 cm³/mol. The van der Waals surface area contributed by atoms with Gasteiger partial charge in [-0.3, -0.25) is 9.59 Å². The van der Waals surface area contributed by atoms with Crippen LogP contribution in [0.25, 0.3) is 0 Å². The maximum atomic E-state index is 10.4. The first kappa shape index (κ1) is 19.3. The van der Waals surface area contributed by atoms with Gasteiger partial charge in [0.25, 0.3) is 0 Å². The third-order valence-corrected chi connectivity index (χ3v) is 2.89. The van der Waals surface area contributed by atoms with Gasteiger partial charge in [-0.25, -0.2) is 16.8 Å². The van der Waals surface area contributed by atoms with Crippen LogP contribution in [0.3, 0.4) is 0 Å². The summed E-state index contributed by atoms with van der Waals surface area (Å²) >= 11 is 0. The summed E-state index contributed by atoms with van der Waals surface area (Å²) in [6.45, 7) is -2.10. The second-order valence-electron chi connectivity index (χ2n) is 3.74. The number of hydrogen-bond donors (Lipinski definition) is 2. The van der Waals surface area contributed by atoms with E-state index < -0.39 is 69.4 Å². The van der Waals surface area contributed by atoms with E-state index in [-0.39, 0.29) is 37.7 Å². The van der Waals surface area contributed by atoms with Crippen LogP contribution >= 0.6 is 0 Å². The van der Waals surface area contributed by atoms with Crippen molar-refractivity contribution in [2.45, 2.75) is 26.7 Å². The van der Waals surface area contributed by atoms with E-state index in [1.54, 1.807) is 0 Å². The van der Waals surface area contributed by atoms with Crippen LogP contribution in [-0.4, -0.2) is 100.0 Å². The summed E-state index contributed by atoms with van der Waals surface area (Å²) in [5, 5.41) is 3.77. The summed E-state index contributed by atoms with van der Waals surface area (Å²) in [5.41, 5.74) is 0. The Hall–Kier alpha value is 0.0197. The van der Waals surface area contributed by atoms with E-state index in [0.29, 0.717) is 0 Å². The predicted octanol–water partition coefficient (Wildman–Crippen LogP) is -2.27. The molecule has 0 unspecified atom stereocenters. The van der Waals surface area contributed by atoms with Crippen LogP contribution in [0.5, 0.6) is 0 Å². The molecule has 0 heterocycles. The van der Waals surface area contributed by atoms with Gasteiger partial charge in [0.05, 0.1) is 20.2 Å². The molecule has 0 aliphatic heterocycles. The number of amides is 2. The van der Waals surface area contributed by atoms with Crippen LogP contribution < -0.4 is 10.6 Å². The molecular formula is C10H20CaN2O8S2. The molecule has 0 atom stereocenters. The van der Waals surface area contributed by atoms with Gasteiger partial charge >= 0.3 is 37.7 Å². The molecule has 0 aromatic carbocycles. The summed E-state index contributed by atoms with van der Waals surface area (Å²) in [6.07, 6.45) is -1.09. The number of rotatable bonds is 8. The summed E-state index contributed by atoms with van der Waals surface area (Å²) in [6, 6.07) is 0. The van der Waals surface area contributed by atoms with Crippen LogP contribution in [0.4, 0.5) is 0 Å². The summed E-state index contributed by atoms with van der Waals surface area (Å²) < 4.78 is 89.0. The van der Waals surface area contributed by atoms with Gasteiger partial charge in [-0.1, -0.05) is 0 Å². The van der Waals surface area contributed by atoms with E-state index >= 15 is 0 Å². The first-order valence-electron chi connectivity index (χ1n) is 7.69. The minimum Gasteiger partial charge on any atom is -0.748 e. The van der Waals surface area contributed by atoms with Crippen molar-refractivity contribution in [3.63, 3.8) is 0 Å². The fourth-order valence-corrected chi connectivity index (χ4v) is 1.43. The Morgan fingerprint density at radius 2 is 1.13 bits per heavy atom. The summed E-state index contributed by atoms with van der Waals surface area (Å²) in [4.78, 5) is 20.8. The van der Waals surface area contributed by atoms with Crippen molar-refractivity contribution in [1.82, 2.24) is 10.6 Å². The molecule has 13 heteroatoms. The zero-order valence-corrected chi connectivity index (χ0v) is 16.5. The standard InChI is InChI=1S/2C5H11NO4S.Ca/c2*1-5(7)6-3-2-4-11(8,9)10;/h2*2-4H2,1H3,(H,6,7)(H,8,9,10);/q;;+2/p-2/i2*3D2;. The normalized spacial score (nSPS) is 14.4. The van der Waals surface area contributed by atoms with Gasteiger partial charge in [0.2, 0.25) is 11.8 Å². The first-order chi connectivity index (χ1) is 11.2. The zero-order valence-electron chi connectivity index (χ0n) is 16.6.